The van der Waals surface area contributed by atoms with Crippen LogP contribution >= 0.6 is 23.4 Å². The van der Waals surface area contributed by atoms with Gasteiger partial charge in [-0.15, -0.1) is 0 Å². The summed E-state index contributed by atoms with van der Waals surface area (Å²) >= 11 is 5.00. The van der Waals surface area contributed by atoms with Gasteiger partial charge in [-0.2, -0.15) is 17.2 Å². The molecule has 0 radical (unpaired) electrons. The maximum absolute atomic E-state index is 12.9. The summed E-state index contributed by atoms with van der Waals surface area (Å²) in [5.74, 6) is 0. The highest BCUT2D eigenvalue weighted by atomic mass is 35.5. The average molecular weight is 350 g/mol. The Bertz CT molecular complexity index is 659. The molecule has 0 saturated carbocycles. The standard InChI is InChI=1S/C9H4ClF4NO3S2/c10-6-2-1-5(19-9(13,14)8(11)12)3-7(6)20(17,18)15-4-16/h1-3,8H. The monoisotopic (exact) mass is 349 g/mol. The van der Waals surface area contributed by atoms with Crippen LogP contribution in [0.2, 0.25) is 5.02 Å². The quantitative estimate of drug-likeness (QED) is 0.354. The zero-order valence-corrected chi connectivity index (χ0v) is 11.6. The molecular weight excluding hydrogens is 346 g/mol. The summed E-state index contributed by atoms with van der Waals surface area (Å²) < 4.78 is 75.2. The maximum Gasteiger partial charge on any atom is 0.357 e. The van der Waals surface area contributed by atoms with Crippen LogP contribution < -0.4 is 0 Å². The predicted molar refractivity (Wildman–Crippen MR) is 63.6 cm³/mol. The number of halogens is 5. The molecule has 110 valence electrons. The molecule has 0 amide bonds. The van der Waals surface area contributed by atoms with Crippen molar-refractivity contribution in [2.24, 2.45) is 4.40 Å². The number of hydrogen-bond acceptors (Lipinski definition) is 4. The molecule has 0 aromatic heterocycles. The van der Waals surface area contributed by atoms with Crippen molar-refractivity contribution in [2.45, 2.75) is 21.5 Å². The zero-order valence-electron chi connectivity index (χ0n) is 9.19. The number of nitrogens with zero attached hydrogens (tertiary/aromatic N) is 1. The first-order valence-electron chi connectivity index (χ1n) is 4.59. The van der Waals surface area contributed by atoms with Crippen molar-refractivity contribution >= 4 is 39.5 Å². The molecule has 0 unspecified atom stereocenters. The minimum Gasteiger partial charge on any atom is -0.210 e. The first kappa shape index (κ1) is 17.0. The second-order valence-electron chi connectivity index (χ2n) is 3.21. The lowest BCUT2D eigenvalue weighted by Gasteiger charge is -2.14. The van der Waals surface area contributed by atoms with E-state index in [2.05, 4.69) is 4.40 Å². The molecule has 0 N–H and O–H groups in total. The fraction of sp³-hybridized carbons (Fsp3) is 0.222. The number of alkyl halides is 4. The molecule has 11 heteroatoms. The maximum atomic E-state index is 12.9. The van der Waals surface area contributed by atoms with Crippen LogP contribution in [0, 0.1) is 0 Å². The topological polar surface area (TPSA) is 63.6 Å². The molecule has 0 saturated heterocycles. The highest BCUT2D eigenvalue weighted by Crippen LogP contribution is 2.41. The van der Waals surface area contributed by atoms with Gasteiger partial charge in [-0.1, -0.05) is 16.0 Å². The van der Waals surface area contributed by atoms with E-state index in [4.69, 9.17) is 11.6 Å². The third kappa shape index (κ3) is 3.95. The van der Waals surface area contributed by atoms with Gasteiger partial charge in [0.15, 0.2) is 0 Å². The first-order chi connectivity index (χ1) is 9.10. The number of rotatable bonds is 5. The van der Waals surface area contributed by atoms with E-state index in [0.717, 1.165) is 18.2 Å². The van der Waals surface area contributed by atoms with Crippen LogP contribution in [-0.2, 0) is 14.8 Å². The predicted octanol–water partition coefficient (Wildman–Crippen LogP) is 3.31. The van der Waals surface area contributed by atoms with Gasteiger partial charge in [0, 0.05) is 4.90 Å². The van der Waals surface area contributed by atoms with Crippen LogP contribution in [0.25, 0.3) is 0 Å². The second kappa shape index (κ2) is 6.13. The summed E-state index contributed by atoms with van der Waals surface area (Å²) in [5.41, 5.74) is 0. The minimum absolute atomic E-state index is 0.395. The molecule has 0 bridgehead atoms. The summed E-state index contributed by atoms with van der Waals surface area (Å²) in [4.78, 5) is 8.74. The molecule has 1 aromatic carbocycles. The number of hydrogen-bond donors (Lipinski definition) is 0. The Labute approximate surface area is 119 Å². The van der Waals surface area contributed by atoms with Gasteiger partial charge in [-0.3, -0.25) is 0 Å². The van der Waals surface area contributed by atoms with E-state index in [1.807, 2.05) is 0 Å². The first-order valence-corrected chi connectivity index (χ1v) is 7.22. The minimum atomic E-state index is -4.52. The molecule has 0 heterocycles. The molecule has 1 rings (SSSR count). The van der Waals surface area contributed by atoms with E-state index in [-0.39, 0.29) is 0 Å². The molecule has 0 aliphatic carbocycles. The van der Waals surface area contributed by atoms with Crippen molar-refractivity contribution in [1.29, 1.82) is 0 Å². The van der Waals surface area contributed by atoms with Crippen LogP contribution in [0.1, 0.15) is 0 Å². The van der Waals surface area contributed by atoms with Gasteiger partial charge in [0.05, 0.1) is 5.02 Å². The Balaban J connectivity index is 3.26. The SMILES string of the molecule is O=C=NS(=O)(=O)c1cc(SC(F)(F)C(F)F)ccc1Cl. The van der Waals surface area contributed by atoms with Gasteiger partial charge in [-0.05, 0) is 30.0 Å². The smallest absolute Gasteiger partial charge is 0.210 e. The molecule has 1 aromatic rings. The van der Waals surface area contributed by atoms with Gasteiger partial charge in [0.25, 0.3) is 16.1 Å². The Morgan fingerprint density at radius 2 is 1.95 bits per heavy atom. The molecule has 0 aliphatic heterocycles. The van der Waals surface area contributed by atoms with Crippen LogP contribution in [0.15, 0.2) is 32.4 Å². The average Bonchev–Trinajstić information content (AvgIpc) is 2.30. The van der Waals surface area contributed by atoms with Gasteiger partial charge in [0.1, 0.15) is 4.90 Å². The number of isocyanates is 1. The normalized spacial score (nSPS) is 12.3. The fourth-order valence-electron chi connectivity index (χ4n) is 1.04. The van der Waals surface area contributed by atoms with Crippen molar-refractivity contribution in [1.82, 2.24) is 0 Å². The number of sulfonamides is 1. The Kier molecular flexibility index (Phi) is 5.20. The van der Waals surface area contributed by atoms with Crippen molar-refractivity contribution in [3.05, 3.63) is 23.2 Å². The molecule has 0 fully saturated rings. The summed E-state index contributed by atoms with van der Waals surface area (Å²) in [7, 11) is -4.52. The molecule has 4 nitrogen and oxygen atoms in total. The van der Waals surface area contributed by atoms with Crippen molar-refractivity contribution in [3.8, 4) is 0 Å². The van der Waals surface area contributed by atoms with Crippen LogP contribution in [0.3, 0.4) is 0 Å². The van der Waals surface area contributed by atoms with E-state index in [1.165, 1.54) is 0 Å². The lowest BCUT2D eigenvalue weighted by atomic mass is 10.4. The number of benzene rings is 1. The van der Waals surface area contributed by atoms with E-state index >= 15 is 0 Å². The van der Waals surface area contributed by atoms with Gasteiger partial charge >= 0.3 is 11.7 Å². The molecule has 20 heavy (non-hydrogen) atoms. The van der Waals surface area contributed by atoms with Crippen molar-refractivity contribution in [3.63, 3.8) is 0 Å². The van der Waals surface area contributed by atoms with E-state index in [9.17, 15) is 30.8 Å². The van der Waals surface area contributed by atoms with Crippen LogP contribution in [0.5, 0.6) is 0 Å². The van der Waals surface area contributed by atoms with Gasteiger partial charge < -0.3 is 0 Å². The van der Waals surface area contributed by atoms with Crippen molar-refractivity contribution < 1.29 is 30.8 Å². The Morgan fingerprint density at radius 3 is 2.45 bits per heavy atom. The Hall–Kier alpha value is -1.09. The third-order valence-corrected chi connectivity index (χ3v) is 4.44. The Morgan fingerprint density at radius 1 is 1.35 bits per heavy atom. The summed E-state index contributed by atoms with van der Waals surface area (Å²) in [6.07, 6.45) is -3.16. The number of thioether (sulfide) groups is 1. The molecule has 0 spiro atoms. The van der Waals surface area contributed by atoms with E-state index in [0.29, 0.717) is 6.07 Å². The lowest BCUT2D eigenvalue weighted by Crippen LogP contribution is -2.21. The van der Waals surface area contributed by atoms with Crippen LogP contribution in [-0.4, -0.2) is 26.2 Å². The van der Waals surface area contributed by atoms with Gasteiger partial charge in [0.2, 0.25) is 0 Å². The highest BCUT2D eigenvalue weighted by molar-refractivity contribution is 8.00. The summed E-state index contributed by atoms with van der Waals surface area (Å²) in [5, 5.41) is -4.79. The summed E-state index contributed by atoms with van der Waals surface area (Å²) in [6.45, 7) is 0. The second-order valence-corrected chi connectivity index (χ2v) is 6.41. The zero-order chi connectivity index (χ0) is 15.6. The van der Waals surface area contributed by atoms with Crippen molar-refractivity contribution in [2.75, 3.05) is 0 Å². The molecule has 0 aliphatic rings. The van der Waals surface area contributed by atoms with Gasteiger partial charge in [-0.25, -0.2) is 13.6 Å². The highest BCUT2D eigenvalue weighted by Gasteiger charge is 2.42. The fourth-order valence-corrected chi connectivity index (χ4v) is 3.03. The van der Waals surface area contributed by atoms with E-state index in [1.54, 1.807) is 0 Å². The largest absolute Gasteiger partial charge is 0.357 e. The number of carbonyl (C=O) groups excluding carboxylic acids is 1. The van der Waals surface area contributed by atoms with E-state index < -0.39 is 48.3 Å². The molecular formula is C9H4ClF4NO3S2. The lowest BCUT2D eigenvalue weighted by molar-refractivity contribution is -0.0563. The third-order valence-electron chi connectivity index (χ3n) is 1.85. The summed E-state index contributed by atoms with van der Waals surface area (Å²) in [6, 6.07) is 2.48. The van der Waals surface area contributed by atoms with Crippen LogP contribution in [0.4, 0.5) is 17.6 Å². The molecule has 0 atom stereocenters.